The number of benzene rings is 1. The number of aromatic nitrogens is 1. The number of ether oxygens (including phenoxy) is 1. The van der Waals surface area contributed by atoms with Crippen molar-refractivity contribution in [3.63, 3.8) is 0 Å². The van der Waals surface area contributed by atoms with Gasteiger partial charge in [0.15, 0.2) is 12.4 Å². The van der Waals surface area contributed by atoms with E-state index in [2.05, 4.69) is 47.3 Å². The Labute approximate surface area is 153 Å². The lowest BCUT2D eigenvalue weighted by Gasteiger charge is -2.02. The topological polar surface area (TPSA) is 106 Å². The third-order valence-electron chi connectivity index (χ3n) is 3.26. The molecule has 7 heteroatoms. The molecule has 2 amide bonds. The maximum Gasteiger partial charge on any atom is 0.409 e. The number of amides is 2. The molecule has 0 fully saturated rings. The van der Waals surface area contributed by atoms with Crippen molar-refractivity contribution in [2.45, 2.75) is 26.5 Å². The van der Waals surface area contributed by atoms with E-state index < -0.39 is 6.09 Å². The second kappa shape index (κ2) is 12.4. The predicted octanol–water partition coefficient (Wildman–Crippen LogP) is 1.39. The van der Waals surface area contributed by atoms with Gasteiger partial charge in [-0.1, -0.05) is 43.7 Å². The molecule has 1 aromatic carbocycles. The normalized spacial score (nSPS) is 9.62. The Balaban J connectivity index is 0.000000314. The highest BCUT2D eigenvalue weighted by Gasteiger charge is 2.10. The zero-order chi connectivity index (χ0) is 19.2. The summed E-state index contributed by atoms with van der Waals surface area (Å²) in [7, 11) is 0. The van der Waals surface area contributed by atoms with Crippen molar-refractivity contribution in [1.29, 1.82) is 0 Å². The Hall–Kier alpha value is -2.93. The number of hydrogen-bond acceptors (Lipinski definition) is 4. The van der Waals surface area contributed by atoms with Crippen LogP contribution in [0.5, 0.6) is 0 Å². The van der Waals surface area contributed by atoms with E-state index in [4.69, 9.17) is 10.8 Å². The van der Waals surface area contributed by atoms with Crippen molar-refractivity contribution in [3.8, 4) is 0 Å². The third-order valence-corrected chi connectivity index (χ3v) is 3.26. The maximum atomic E-state index is 11.5. The first kappa shape index (κ1) is 21.1. The summed E-state index contributed by atoms with van der Waals surface area (Å²) in [6.45, 7) is 2.21. The van der Waals surface area contributed by atoms with Gasteiger partial charge in [-0.2, -0.15) is 4.57 Å². The maximum absolute atomic E-state index is 11.5. The van der Waals surface area contributed by atoms with Gasteiger partial charge in [0.1, 0.15) is 5.56 Å². The fraction of sp³-hybridized carbons (Fsp3) is 0.316. The zero-order valence-corrected chi connectivity index (χ0v) is 14.9. The molecule has 4 N–H and O–H groups in total. The molecule has 0 radical (unpaired) electrons. The minimum absolute atomic E-state index is 0.0591. The number of nitrogens with two attached hydrogens (primary N) is 1. The Morgan fingerprint density at radius 1 is 1.19 bits per heavy atom. The van der Waals surface area contributed by atoms with Gasteiger partial charge in [-0.25, -0.2) is 4.79 Å². The molecule has 0 atom stereocenters. The molecule has 0 aliphatic rings. The SMILES string of the molecule is CCCc1ccccc1.NC(=O)OC[n+]1cccc(C(=O)NCCO)c1. The van der Waals surface area contributed by atoms with Gasteiger partial charge in [-0.15, -0.1) is 0 Å². The summed E-state index contributed by atoms with van der Waals surface area (Å²) in [4.78, 5) is 21.9. The summed E-state index contributed by atoms with van der Waals surface area (Å²) in [5, 5.41) is 11.1. The van der Waals surface area contributed by atoms with E-state index in [1.807, 2.05) is 0 Å². The van der Waals surface area contributed by atoms with Crippen LogP contribution in [0.4, 0.5) is 4.79 Å². The highest BCUT2D eigenvalue weighted by molar-refractivity contribution is 5.93. The second-order valence-electron chi connectivity index (χ2n) is 5.41. The fourth-order valence-corrected chi connectivity index (χ4v) is 2.08. The molecule has 0 aliphatic carbocycles. The smallest absolute Gasteiger partial charge is 0.395 e. The lowest BCUT2D eigenvalue weighted by atomic mass is 10.1. The standard InChI is InChI=1S/C10H13N3O4.C9H12/c11-10(16)17-7-13-4-1-2-8(6-13)9(15)12-3-5-14;1-2-6-9-7-4-3-5-8-9/h1-2,4,6,14H,3,5,7H2,(H2-,11,12,15,16);3-5,7-8H,2,6H2,1H3/p+1. The third kappa shape index (κ3) is 8.79. The van der Waals surface area contributed by atoms with Gasteiger partial charge in [0, 0.05) is 12.6 Å². The van der Waals surface area contributed by atoms with E-state index in [9.17, 15) is 9.59 Å². The van der Waals surface area contributed by atoms with E-state index in [1.54, 1.807) is 18.3 Å². The fourth-order valence-electron chi connectivity index (χ4n) is 2.08. The number of hydrogen-bond donors (Lipinski definition) is 3. The number of aliphatic hydroxyl groups is 1. The molecule has 0 unspecified atom stereocenters. The molecule has 2 rings (SSSR count). The van der Waals surface area contributed by atoms with E-state index in [0.29, 0.717) is 5.56 Å². The molecule has 0 spiro atoms. The van der Waals surface area contributed by atoms with Gasteiger partial charge < -0.3 is 20.9 Å². The highest BCUT2D eigenvalue weighted by Crippen LogP contribution is 2.00. The molecule has 0 aliphatic heterocycles. The number of rotatable bonds is 7. The average Bonchev–Trinajstić information content (AvgIpc) is 2.66. The number of carbonyl (C=O) groups excluding carboxylic acids is 2. The molecule has 0 bridgehead atoms. The molecule has 1 aromatic heterocycles. The number of nitrogens with one attached hydrogen (secondary N) is 1. The Bertz CT molecular complexity index is 677. The number of carbonyl (C=O) groups is 2. The summed E-state index contributed by atoms with van der Waals surface area (Å²) in [5.41, 5.74) is 6.66. The van der Waals surface area contributed by atoms with Crippen LogP contribution in [0.2, 0.25) is 0 Å². The first-order valence-corrected chi connectivity index (χ1v) is 8.41. The predicted molar refractivity (Wildman–Crippen MR) is 97.2 cm³/mol. The summed E-state index contributed by atoms with van der Waals surface area (Å²) in [5.74, 6) is -0.313. The average molecular weight is 360 g/mol. The van der Waals surface area contributed by atoms with Crippen LogP contribution in [0, 0.1) is 0 Å². The van der Waals surface area contributed by atoms with Gasteiger partial charge in [0.05, 0.1) is 6.61 Å². The van der Waals surface area contributed by atoms with Crippen molar-refractivity contribution in [2.75, 3.05) is 13.2 Å². The Morgan fingerprint density at radius 2 is 1.92 bits per heavy atom. The monoisotopic (exact) mass is 360 g/mol. The molecule has 26 heavy (non-hydrogen) atoms. The number of aliphatic hydroxyl groups excluding tert-OH is 1. The van der Waals surface area contributed by atoms with Crippen LogP contribution < -0.4 is 15.6 Å². The summed E-state index contributed by atoms with van der Waals surface area (Å²) in [6.07, 6.45) is 4.71. The first-order valence-electron chi connectivity index (χ1n) is 8.41. The van der Waals surface area contributed by atoms with E-state index in [-0.39, 0.29) is 25.8 Å². The Kier molecular flexibility index (Phi) is 10.1. The summed E-state index contributed by atoms with van der Waals surface area (Å²) in [6, 6.07) is 13.8. The van der Waals surface area contributed by atoms with Crippen molar-refractivity contribution >= 4 is 12.0 Å². The van der Waals surface area contributed by atoms with Crippen LogP contribution in [-0.2, 0) is 17.9 Å². The molecular formula is C19H26N3O4+. The van der Waals surface area contributed by atoms with Crippen molar-refractivity contribution in [1.82, 2.24) is 5.32 Å². The molecule has 0 saturated carbocycles. The highest BCUT2D eigenvalue weighted by atomic mass is 16.6. The molecule has 140 valence electrons. The van der Waals surface area contributed by atoms with Crippen LogP contribution >= 0.6 is 0 Å². The zero-order valence-electron chi connectivity index (χ0n) is 14.9. The number of aryl methyl sites for hydroxylation is 1. The van der Waals surface area contributed by atoms with Crippen LogP contribution in [-0.4, -0.2) is 30.3 Å². The lowest BCUT2D eigenvalue weighted by Crippen LogP contribution is -2.38. The quantitative estimate of drug-likeness (QED) is 0.649. The van der Waals surface area contributed by atoms with Crippen LogP contribution in [0.3, 0.4) is 0 Å². The Morgan fingerprint density at radius 3 is 2.54 bits per heavy atom. The number of pyridine rings is 1. The van der Waals surface area contributed by atoms with Crippen LogP contribution in [0.1, 0.15) is 29.3 Å². The molecule has 7 nitrogen and oxygen atoms in total. The van der Waals surface area contributed by atoms with E-state index in [1.165, 1.54) is 29.2 Å². The lowest BCUT2D eigenvalue weighted by molar-refractivity contribution is -0.727. The van der Waals surface area contributed by atoms with Gasteiger partial charge in [-0.05, 0) is 18.1 Å². The first-order chi connectivity index (χ1) is 12.6. The largest absolute Gasteiger partial charge is 0.409 e. The number of primary amides is 1. The van der Waals surface area contributed by atoms with Crippen molar-refractivity contribution in [3.05, 3.63) is 66.0 Å². The van der Waals surface area contributed by atoms with Gasteiger partial charge in [0.2, 0.25) is 0 Å². The van der Waals surface area contributed by atoms with E-state index >= 15 is 0 Å². The second-order valence-corrected chi connectivity index (χ2v) is 5.41. The van der Waals surface area contributed by atoms with Gasteiger partial charge in [-0.3, -0.25) is 4.79 Å². The minimum Gasteiger partial charge on any atom is -0.395 e. The van der Waals surface area contributed by atoms with Gasteiger partial charge >= 0.3 is 6.09 Å². The summed E-state index contributed by atoms with van der Waals surface area (Å²) < 4.78 is 6.07. The van der Waals surface area contributed by atoms with Crippen LogP contribution in [0.25, 0.3) is 0 Å². The number of nitrogens with zero attached hydrogens (tertiary/aromatic N) is 1. The minimum atomic E-state index is -0.882. The van der Waals surface area contributed by atoms with Crippen molar-refractivity contribution < 1.29 is 24.0 Å². The van der Waals surface area contributed by atoms with Gasteiger partial charge in [0.25, 0.3) is 12.6 Å². The molecule has 0 saturated heterocycles. The molecule has 2 aromatic rings. The van der Waals surface area contributed by atoms with E-state index in [0.717, 1.165) is 0 Å². The molecule has 1 heterocycles. The van der Waals surface area contributed by atoms with Crippen molar-refractivity contribution in [2.24, 2.45) is 5.73 Å². The van der Waals surface area contributed by atoms with Crippen LogP contribution in [0.15, 0.2) is 54.9 Å². The summed E-state index contributed by atoms with van der Waals surface area (Å²) >= 11 is 0. The molecular weight excluding hydrogens is 334 g/mol.